The lowest BCUT2D eigenvalue weighted by atomic mass is 10.1. The summed E-state index contributed by atoms with van der Waals surface area (Å²) in [4.78, 5) is 36.6. The van der Waals surface area contributed by atoms with E-state index in [0.717, 1.165) is 21.8 Å². The van der Waals surface area contributed by atoms with E-state index in [1.54, 1.807) is 30.2 Å². The SMILES string of the molecule is COCCN(Cc1nc2ccccc2c(=O)[nH]1)C(=O)c1cc2c(s1)-c1ccccc1OC2. The molecule has 1 amide bonds. The molecule has 0 bridgehead atoms. The van der Waals surface area contributed by atoms with Crippen molar-refractivity contribution in [2.24, 2.45) is 0 Å². The predicted molar refractivity (Wildman–Crippen MR) is 123 cm³/mol. The number of hydrogen-bond donors (Lipinski definition) is 1. The molecule has 2 aromatic carbocycles. The van der Waals surface area contributed by atoms with Gasteiger partial charge in [0.05, 0.1) is 28.9 Å². The van der Waals surface area contributed by atoms with E-state index >= 15 is 0 Å². The van der Waals surface area contributed by atoms with Crippen LogP contribution >= 0.6 is 11.3 Å². The van der Waals surface area contributed by atoms with E-state index in [9.17, 15) is 9.59 Å². The largest absolute Gasteiger partial charge is 0.488 e. The standard InChI is InChI=1S/C24H21N3O4S/c1-30-11-10-27(13-21-25-18-8-4-2-6-16(18)23(28)26-21)24(29)20-12-15-14-31-19-9-5-3-7-17(19)22(15)32-20/h2-9,12H,10-11,13-14H2,1H3,(H,25,26,28). The number of fused-ring (bicyclic) bond motifs is 4. The summed E-state index contributed by atoms with van der Waals surface area (Å²) in [5.74, 6) is 1.14. The van der Waals surface area contributed by atoms with Gasteiger partial charge in [-0.15, -0.1) is 11.3 Å². The molecule has 0 fully saturated rings. The molecule has 5 rings (SSSR count). The van der Waals surface area contributed by atoms with Crippen LogP contribution in [0.15, 0.2) is 59.4 Å². The molecule has 0 saturated heterocycles. The Kier molecular flexibility index (Phi) is 5.46. The van der Waals surface area contributed by atoms with Crippen LogP contribution in [0.2, 0.25) is 0 Å². The van der Waals surface area contributed by atoms with Gasteiger partial charge in [0.15, 0.2) is 0 Å². The van der Waals surface area contributed by atoms with Gasteiger partial charge < -0.3 is 19.4 Å². The Morgan fingerprint density at radius 2 is 2.03 bits per heavy atom. The Morgan fingerprint density at radius 1 is 1.22 bits per heavy atom. The van der Waals surface area contributed by atoms with Crippen molar-refractivity contribution in [3.63, 3.8) is 0 Å². The minimum atomic E-state index is -0.218. The number of nitrogens with zero attached hydrogens (tertiary/aromatic N) is 2. The van der Waals surface area contributed by atoms with E-state index in [0.29, 0.717) is 41.4 Å². The van der Waals surface area contributed by atoms with Crippen LogP contribution in [0.1, 0.15) is 21.1 Å². The first-order valence-corrected chi connectivity index (χ1v) is 11.1. The Hall–Kier alpha value is -3.49. The second-order valence-corrected chi connectivity index (χ2v) is 8.55. The molecule has 3 heterocycles. The first-order chi connectivity index (χ1) is 15.6. The summed E-state index contributed by atoms with van der Waals surface area (Å²) in [6.45, 7) is 1.37. The predicted octanol–water partition coefficient (Wildman–Crippen LogP) is 3.83. The third-order valence-electron chi connectivity index (χ3n) is 5.39. The van der Waals surface area contributed by atoms with Gasteiger partial charge in [-0.3, -0.25) is 9.59 Å². The smallest absolute Gasteiger partial charge is 0.264 e. The van der Waals surface area contributed by atoms with Gasteiger partial charge in [-0.2, -0.15) is 0 Å². The van der Waals surface area contributed by atoms with Crippen LogP contribution in [-0.4, -0.2) is 41.0 Å². The van der Waals surface area contributed by atoms with Gasteiger partial charge in [-0.25, -0.2) is 4.98 Å². The molecule has 1 N–H and O–H groups in total. The Labute approximate surface area is 188 Å². The van der Waals surface area contributed by atoms with E-state index in [-0.39, 0.29) is 18.0 Å². The van der Waals surface area contributed by atoms with E-state index in [1.165, 1.54) is 11.3 Å². The summed E-state index contributed by atoms with van der Waals surface area (Å²) in [6.07, 6.45) is 0. The molecule has 0 spiro atoms. The van der Waals surface area contributed by atoms with Crippen molar-refractivity contribution in [2.45, 2.75) is 13.2 Å². The lowest BCUT2D eigenvalue weighted by molar-refractivity contribution is 0.0680. The van der Waals surface area contributed by atoms with Crippen LogP contribution in [0.25, 0.3) is 21.3 Å². The third kappa shape index (κ3) is 3.79. The number of methoxy groups -OCH3 is 1. The van der Waals surface area contributed by atoms with Crippen molar-refractivity contribution in [1.82, 2.24) is 14.9 Å². The molecule has 8 heteroatoms. The minimum absolute atomic E-state index is 0.130. The van der Waals surface area contributed by atoms with Gasteiger partial charge in [0, 0.05) is 29.7 Å². The number of nitrogens with one attached hydrogen (secondary N) is 1. The van der Waals surface area contributed by atoms with Gasteiger partial charge in [0.25, 0.3) is 11.5 Å². The van der Waals surface area contributed by atoms with E-state index in [1.807, 2.05) is 36.4 Å². The fourth-order valence-corrected chi connectivity index (χ4v) is 4.97. The number of thiophene rings is 1. The molecule has 1 aliphatic rings. The second kappa shape index (κ2) is 8.57. The van der Waals surface area contributed by atoms with Gasteiger partial charge in [-0.1, -0.05) is 24.3 Å². The average molecular weight is 448 g/mol. The van der Waals surface area contributed by atoms with E-state index in [2.05, 4.69) is 9.97 Å². The monoisotopic (exact) mass is 447 g/mol. The lowest BCUT2D eigenvalue weighted by Gasteiger charge is -2.21. The van der Waals surface area contributed by atoms with Gasteiger partial charge in [0.1, 0.15) is 18.2 Å². The quantitative estimate of drug-likeness (QED) is 0.486. The van der Waals surface area contributed by atoms with Gasteiger partial charge >= 0.3 is 0 Å². The number of hydrogen-bond acceptors (Lipinski definition) is 6. The highest BCUT2D eigenvalue weighted by Gasteiger charge is 2.25. The summed E-state index contributed by atoms with van der Waals surface area (Å²) in [5, 5.41) is 0.524. The normalized spacial score (nSPS) is 12.2. The topological polar surface area (TPSA) is 84.5 Å². The summed E-state index contributed by atoms with van der Waals surface area (Å²) in [6, 6.07) is 16.9. The van der Waals surface area contributed by atoms with Crippen molar-refractivity contribution in [3.05, 3.63) is 81.2 Å². The summed E-state index contributed by atoms with van der Waals surface area (Å²) in [7, 11) is 1.59. The molecular weight excluding hydrogens is 426 g/mol. The number of aromatic nitrogens is 2. The molecular formula is C24H21N3O4S. The van der Waals surface area contributed by atoms with Crippen LogP contribution in [0.5, 0.6) is 5.75 Å². The molecule has 7 nitrogen and oxygen atoms in total. The number of ether oxygens (including phenoxy) is 2. The fourth-order valence-electron chi connectivity index (χ4n) is 3.81. The zero-order valence-electron chi connectivity index (χ0n) is 17.5. The number of H-pyrrole nitrogens is 1. The fraction of sp³-hybridized carbons (Fsp3) is 0.208. The van der Waals surface area contributed by atoms with Crippen molar-refractivity contribution < 1.29 is 14.3 Å². The molecule has 0 saturated carbocycles. The Morgan fingerprint density at radius 3 is 2.91 bits per heavy atom. The maximum atomic E-state index is 13.5. The highest BCUT2D eigenvalue weighted by molar-refractivity contribution is 7.17. The maximum Gasteiger partial charge on any atom is 0.264 e. The molecule has 32 heavy (non-hydrogen) atoms. The molecule has 0 atom stereocenters. The van der Waals surface area contributed by atoms with Crippen molar-refractivity contribution >= 4 is 28.1 Å². The molecule has 4 aromatic rings. The van der Waals surface area contributed by atoms with E-state index < -0.39 is 0 Å². The van der Waals surface area contributed by atoms with Crippen LogP contribution in [-0.2, 0) is 17.9 Å². The van der Waals surface area contributed by atoms with Gasteiger partial charge in [-0.05, 0) is 30.3 Å². The highest BCUT2D eigenvalue weighted by atomic mass is 32.1. The first-order valence-electron chi connectivity index (χ1n) is 10.2. The number of para-hydroxylation sites is 2. The number of carbonyl (C=O) groups is 1. The maximum absolute atomic E-state index is 13.5. The second-order valence-electron chi connectivity index (χ2n) is 7.50. The Bertz CT molecular complexity index is 1360. The lowest BCUT2D eigenvalue weighted by Crippen LogP contribution is -2.34. The van der Waals surface area contributed by atoms with E-state index in [4.69, 9.17) is 9.47 Å². The number of aromatic amines is 1. The summed E-state index contributed by atoms with van der Waals surface area (Å²) in [5.41, 5.74) is 2.39. The van der Waals surface area contributed by atoms with Gasteiger partial charge in [0.2, 0.25) is 0 Å². The van der Waals surface area contributed by atoms with Crippen molar-refractivity contribution in [3.8, 4) is 16.2 Å². The number of rotatable bonds is 6. The number of carbonyl (C=O) groups excluding carboxylic acids is 1. The summed E-state index contributed by atoms with van der Waals surface area (Å²) >= 11 is 1.46. The van der Waals surface area contributed by atoms with Crippen LogP contribution in [0.4, 0.5) is 0 Å². The number of amides is 1. The van der Waals surface area contributed by atoms with Crippen molar-refractivity contribution in [2.75, 3.05) is 20.3 Å². The molecule has 0 radical (unpaired) electrons. The van der Waals surface area contributed by atoms with Crippen molar-refractivity contribution in [1.29, 1.82) is 0 Å². The number of benzene rings is 2. The highest BCUT2D eigenvalue weighted by Crippen LogP contribution is 2.42. The van der Waals surface area contributed by atoms with Crippen LogP contribution < -0.4 is 10.3 Å². The summed E-state index contributed by atoms with van der Waals surface area (Å²) < 4.78 is 11.0. The molecule has 162 valence electrons. The Balaban J connectivity index is 1.46. The minimum Gasteiger partial charge on any atom is -0.488 e. The molecule has 0 unspecified atom stereocenters. The average Bonchev–Trinajstić information content (AvgIpc) is 3.26. The molecule has 0 aliphatic carbocycles. The molecule has 1 aliphatic heterocycles. The van der Waals surface area contributed by atoms with Crippen LogP contribution in [0, 0.1) is 0 Å². The zero-order chi connectivity index (χ0) is 22.1. The molecule has 2 aromatic heterocycles. The zero-order valence-corrected chi connectivity index (χ0v) is 18.3. The third-order valence-corrected chi connectivity index (χ3v) is 6.59. The van der Waals surface area contributed by atoms with Crippen LogP contribution in [0.3, 0.4) is 0 Å². The first kappa shape index (κ1) is 20.4.